The van der Waals surface area contributed by atoms with Crippen LogP contribution in [0.4, 0.5) is 0 Å². The Kier molecular flexibility index (Phi) is 3.87. The van der Waals surface area contributed by atoms with E-state index < -0.39 is 10.0 Å². The lowest BCUT2D eigenvalue weighted by Crippen LogP contribution is -2.36. The molecule has 0 aromatic carbocycles. The first kappa shape index (κ1) is 13.0. The molecule has 1 heterocycles. The van der Waals surface area contributed by atoms with E-state index in [4.69, 9.17) is 5.11 Å². The van der Waals surface area contributed by atoms with Gasteiger partial charge < -0.3 is 5.11 Å². The van der Waals surface area contributed by atoms with Gasteiger partial charge in [0.05, 0.1) is 11.5 Å². The lowest BCUT2D eigenvalue weighted by molar-refractivity contribution is 0.285. The fourth-order valence-corrected chi connectivity index (χ4v) is 4.69. The summed E-state index contributed by atoms with van der Waals surface area (Å²) in [7, 11) is -3.42. The van der Waals surface area contributed by atoms with E-state index in [1.165, 1.54) is 17.4 Å². The summed E-state index contributed by atoms with van der Waals surface area (Å²) in [4.78, 5) is 0.940. The molecule has 2 rings (SSSR count). The Labute approximate surface area is 106 Å². The van der Waals surface area contributed by atoms with Gasteiger partial charge in [0.1, 0.15) is 0 Å². The molecule has 1 fully saturated rings. The average Bonchev–Trinajstić information content (AvgIpc) is 2.88. The van der Waals surface area contributed by atoms with Crippen molar-refractivity contribution in [3.05, 3.63) is 16.3 Å². The predicted molar refractivity (Wildman–Crippen MR) is 67.4 cm³/mol. The lowest BCUT2D eigenvalue weighted by Gasteiger charge is -2.16. The van der Waals surface area contributed by atoms with Gasteiger partial charge in [-0.3, -0.25) is 0 Å². The van der Waals surface area contributed by atoms with Crippen LogP contribution in [-0.4, -0.2) is 19.6 Å². The smallest absolute Gasteiger partial charge is 0.241 e. The Morgan fingerprint density at radius 3 is 2.82 bits per heavy atom. The molecular weight excluding hydrogens is 258 g/mol. The second kappa shape index (κ2) is 5.06. The molecule has 1 aromatic heterocycles. The largest absolute Gasteiger partial charge is 0.391 e. The van der Waals surface area contributed by atoms with E-state index in [1.54, 1.807) is 5.38 Å². The minimum absolute atomic E-state index is 0.0532. The Morgan fingerprint density at radius 1 is 1.53 bits per heavy atom. The number of hydrogen-bond acceptors (Lipinski definition) is 4. The van der Waals surface area contributed by atoms with E-state index >= 15 is 0 Å². The molecular formula is C11H17NO3S2. The minimum Gasteiger partial charge on any atom is -0.391 e. The van der Waals surface area contributed by atoms with E-state index in [2.05, 4.69) is 11.6 Å². The first-order chi connectivity index (χ1) is 8.03. The molecule has 0 bridgehead atoms. The molecule has 1 aromatic rings. The van der Waals surface area contributed by atoms with E-state index in [9.17, 15) is 8.42 Å². The van der Waals surface area contributed by atoms with Gasteiger partial charge >= 0.3 is 0 Å². The summed E-state index contributed by atoms with van der Waals surface area (Å²) in [5.41, 5.74) is 0. The maximum Gasteiger partial charge on any atom is 0.241 e. The van der Waals surface area contributed by atoms with Crippen LogP contribution in [0.15, 0.2) is 16.3 Å². The Bertz CT molecular complexity index is 481. The van der Waals surface area contributed by atoms with Gasteiger partial charge in [-0.25, -0.2) is 13.1 Å². The fourth-order valence-electron chi connectivity index (χ4n) is 2.17. The Hall–Kier alpha value is -0.430. The molecule has 2 N–H and O–H groups in total. The SMILES string of the molecule is CC1CCCC1NS(=O)(=O)c1csc(CO)c1. The summed E-state index contributed by atoms with van der Waals surface area (Å²) >= 11 is 1.27. The summed E-state index contributed by atoms with van der Waals surface area (Å²) in [5.74, 6) is 0.403. The molecule has 4 nitrogen and oxygen atoms in total. The van der Waals surface area contributed by atoms with Gasteiger partial charge in [-0.15, -0.1) is 11.3 Å². The standard InChI is InChI=1S/C11H17NO3S2/c1-8-3-2-4-11(8)12-17(14,15)10-5-9(6-13)16-7-10/h5,7-8,11-13H,2-4,6H2,1H3. The molecule has 0 spiro atoms. The van der Waals surface area contributed by atoms with Crippen LogP contribution >= 0.6 is 11.3 Å². The van der Waals surface area contributed by atoms with Gasteiger partial charge in [-0.2, -0.15) is 0 Å². The van der Waals surface area contributed by atoms with E-state index in [1.807, 2.05) is 0 Å². The monoisotopic (exact) mass is 275 g/mol. The summed E-state index contributed by atoms with van der Waals surface area (Å²) in [5, 5.41) is 10.5. The van der Waals surface area contributed by atoms with E-state index in [-0.39, 0.29) is 17.5 Å². The number of thiophene rings is 1. The number of rotatable bonds is 4. The van der Waals surface area contributed by atoms with Crippen molar-refractivity contribution in [3.8, 4) is 0 Å². The molecule has 6 heteroatoms. The zero-order valence-corrected chi connectivity index (χ0v) is 11.4. The van der Waals surface area contributed by atoms with Crippen LogP contribution < -0.4 is 4.72 Å². The summed E-state index contributed by atoms with van der Waals surface area (Å²) in [6.45, 7) is 1.97. The highest BCUT2D eigenvalue weighted by Gasteiger charge is 2.28. The predicted octanol–water partition coefficient (Wildman–Crippen LogP) is 1.71. The van der Waals surface area contributed by atoms with Crippen LogP contribution in [0.2, 0.25) is 0 Å². The Balaban J connectivity index is 2.13. The van der Waals surface area contributed by atoms with Crippen molar-refractivity contribution in [2.24, 2.45) is 5.92 Å². The molecule has 1 aliphatic carbocycles. The zero-order valence-electron chi connectivity index (χ0n) is 9.72. The van der Waals surface area contributed by atoms with Crippen LogP contribution in [-0.2, 0) is 16.6 Å². The normalized spacial score (nSPS) is 25.3. The molecule has 1 saturated carbocycles. The molecule has 96 valence electrons. The highest BCUT2D eigenvalue weighted by molar-refractivity contribution is 7.89. The molecule has 0 aliphatic heterocycles. The highest BCUT2D eigenvalue weighted by Crippen LogP contribution is 2.27. The first-order valence-electron chi connectivity index (χ1n) is 5.73. The summed E-state index contributed by atoms with van der Waals surface area (Å²) < 4.78 is 26.9. The fraction of sp³-hybridized carbons (Fsp3) is 0.636. The molecule has 0 saturated heterocycles. The van der Waals surface area contributed by atoms with Gasteiger partial charge in [-0.05, 0) is 24.8 Å². The van der Waals surface area contributed by atoms with Gasteiger partial charge in [0.25, 0.3) is 0 Å². The molecule has 17 heavy (non-hydrogen) atoms. The third-order valence-corrected chi connectivity index (χ3v) is 5.80. The molecule has 0 radical (unpaired) electrons. The van der Waals surface area contributed by atoms with Gasteiger partial charge in [0.15, 0.2) is 0 Å². The van der Waals surface area contributed by atoms with Crippen molar-refractivity contribution in [2.75, 3.05) is 0 Å². The third kappa shape index (κ3) is 2.88. The second-order valence-corrected chi connectivity index (χ2v) is 7.25. The topological polar surface area (TPSA) is 66.4 Å². The lowest BCUT2D eigenvalue weighted by atomic mass is 10.1. The van der Waals surface area contributed by atoms with Crippen molar-refractivity contribution in [2.45, 2.75) is 43.7 Å². The van der Waals surface area contributed by atoms with E-state index in [0.29, 0.717) is 10.8 Å². The summed E-state index contributed by atoms with van der Waals surface area (Å²) in [6, 6.07) is 1.59. The molecule has 0 amide bonds. The van der Waals surface area contributed by atoms with Crippen LogP contribution in [0.1, 0.15) is 31.1 Å². The molecule has 2 unspecified atom stereocenters. The van der Waals surface area contributed by atoms with Crippen molar-refractivity contribution in [1.82, 2.24) is 4.72 Å². The van der Waals surface area contributed by atoms with Crippen LogP contribution in [0.3, 0.4) is 0 Å². The number of sulfonamides is 1. The van der Waals surface area contributed by atoms with Gasteiger partial charge in [0.2, 0.25) is 10.0 Å². The molecule has 1 aliphatic rings. The van der Waals surface area contributed by atoms with Crippen LogP contribution in [0.25, 0.3) is 0 Å². The van der Waals surface area contributed by atoms with Crippen molar-refractivity contribution in [1.29, 1.82) is 0 Å². The minimum atomic E-state index is -3.42. The van der Waals surface area contributed by atoms with Crippen LogP contribution in [0, 0.1) is 5.92 Å². The maximum atomic E-state index is 12.1. The van der Waals surface area contributed by atoms with E-state index in [0.717, 1.165) is 19.3 Å². The average molecular weight is 275 g/mol. The third-order valence-electron chi connectivity index (χ3n) is 3.26. The van der Waals surface area contributed by atoms with Crippen molar-refractivity contribution in [3.63, 3.8) is 0 Å². The van der Waals surface area contributed by atoms with Crippen molar-refractivity contribution >= 4 is 21.4 Å². The number of aliphatic hydroxyl groups excluding tert-OH is 1. The van der Waals surface area contributed by atoms with Gasteiger partial charge in [0, 0.05) is 16.3 Å². The zero-order chi connectivity index (χ0) is 12.5. The quantitative estimate of drug-likeness (QED) is 0.879. The number of aliphatic hydroxyl groups is 1. The first-order valence-corrected chi connectivity index (χ1v) is 8.10. The Morgan fingerprint density at radius 2 is 2.29 bits per heavy atom. The molecule has 2 atom stereocenters. The number of hydrogen-bond donors (Lipinski definition) is 2. The maximum absolute atomic E-state index is 12.1. The van der Waals surface area contributed by atoms with Crippen molar-refractivity contribution < 1.29 is 13.5 Å². The van der Waals surface area contributed by atoms with Gasteiger partial charge in [-0.1, -0.05) is 13.3 Å². The number of nitrogens with one attached hydrogen (secondary N) is 1. The summed E-state index contributed by atoms with van der Waals surface area (Å²) in [6.07, 6.45) is 3.08. The second-order valence-electron chi connectivity index (χ2n) is 4.54. The van der Waals surface area contributed by atoms with Crippen LogP contribution in [0.5, 0.6) is 0 Å². The highest BCUT2D eigenvalue weighted by atomic mass is 32.2.